The molecule has 0 aliphatic rings. The summed E-state index contributed by atoms with van der Waals surface area (Å²) < 4.78 is 65.5. The van der Waals surface area contributed by atoms with Crippen LogP contribution in [0.3, 0.4) is 0 Å². The molecule has 12 heteroatoms. The van der Waals surface area contributed by atoms with E-state index in [4.69, 9.17) is 9.47 Å². The minimum atomic E-state index is -3.97. The second-order valence-corrected chi connectivity index (χ2v) is 11.7. The number of anilines is 1. The van der Waals surface area contributed by atoms with Crippen molar-refractivity contribution in [2.45, 2.75) is 23.9 Å². The fourth-order valence-electron chi connectivity index (χ4n) is 4.42. The number of methoxy groups -OCH3 is 1. The molecule has 0 heterocycles. The molecule has 0 aliphatic heterocycles. The summed E-state index contributed by atoms with van der Waals surface area (Å²) in [6, 6.07) is 23.7. The number of nitrogens with one attached hydrogen (secondary N) is 2. The van der Waals surface area contributed by atoms with Crippen molar-refractivity contribution in [3.05, 3.63) is 126 Å². The Balaban J connectivity index is 1.53. The van der Waals surface area contributed by atoms with E-state index >= 15 is 0 Å². The Morgan fingerprint density at radius 2 is 1.47 bits per heavy atom. The summed E-state index contributed by atoms with van der Waals surface area (Å²) in [7, 11) is -2.41. The number of carbonyl (C=O) groups excluding carboxylic acids is 2. The van der Waals surface area contributed by atoms with E-state index in [1.54, 1.807) is 37.4 Å². The molecule has 4 aromatic carbocycles. The van der Waals surface area contributed by atoms with E-state index in [2.05, 4.69) is 10.0 Å². The van der Waals surface area contributed by atoms with Gasteiger partial charge in [0.05, 0.1) is 4.90 Å². The molecule has 0 saturated heterocycles. The van der Waals surface area contributed by atoms with Gasteiger partial charge in [-0.05, 0) is 78.2 Å². The Bertz CT molecular complexity index is 1650. The summed E-state index contributed by atoms with van der Waals surface area (Å²) in [4.78, 5) is 28.5. The number of benzene rings is 4. The maximum absolute atomic E-state index is 13.7. The van der Waals surface area contributed by atoms with Gasteiger partial charge in [0.1, 0.15) is 23.4 Å². The zero-order valence-corrected chi connectivity index (χ0v) is 25.3. The van der Waals surface area contributed by atoms with Crippen LogP contribution < -0.4 is 14.8 Å². The Morgan fingerprint density at radius 1 is 0.844 bits per heavy atom. The molecule has 0 radical (unpaired) electrons. The maximum atomic E-state index is 13.7. The highest BCUT2D eigenvalue weighted by molar-refractivity contribution is 7.92. The predicted molar refractivity (Wildman–Crippen MR) is 165 cm³/mol. The van der Waals surface area contributed by atoms with Gasteiger partial charge in [-0.25, -0.2) is 17.2 Å². The molecule has 45 heavy (non-hydrogen) atoms. The molecule has 1 atom stereocenters. The fraction of sp³-hybridized carbons (Fsp3) is 0.212. The zero-order chi connectivity index (χ0) is 32.2. The van der Waals surface area contributed by atoms with Gasteiger partial charge in [0.2, 0.25) is 5.91 Å². The number of nitrogens with zero attached hydrogens (tertiary/aromatic N) is 1. The quantitative estimate of drug-likeness (QED) is 0.176. The van der Waals surface area contributed by atoms with Crippen LogP contribution in [-0.2, 0) is 30.9 Å². The monoisotopic (exact) mass is 637 g/mol. The highest BCUT2D eigenvalue weighted by Crippen LogP contribution is 2.25. The first kappa shape index (κ1) is 33.1. The Labute approximate surface area is 260 Å². The molecule has 0 aliphatic carbocycles. The lowest BCUT2D eigenvalue weighted by atomic mass is 10.0. The normalized spacial score (nSPS) is 11.8. The molecule has 2 amide bonds. The fourth-order valence-corrected chi connectivity index (χ4v) is 5.48. The summed E-state index contributed by atoms with van der Waals surface area (Å²) in [5.74, 6) is -1.66. The third kappa shape index (κ3) is 9.59. The third-order valence-corrected chi connectivity index (χ3v) is 8.08. The maximum Gasteiger partial charge on any atom is 0.261 e. The van der Waals surface area contributed by atoms with Gasteiger partial charge in [0.15, 0.2) is 6.61 Å². The smallest absolute Gasteiger partial charge is 0.261 e. The first-order valence-corrected chi connectivity index (χ1v) is 15.5. The van der Waals surface area contributed by atoms with E-state index in [9.17, 15) is 26.8 Å². The molecule has 0 saturated carbocycles. The second-order valence-electron chi connectivity index (χ2n) is 9.97. The second kappa shape index (κ2) is 15.8. The highest BCUT2D eigenvalue weighted by atomic mass is 32.2. The van der Waals surface area contributed by atoms with Crippen molar-refractivity contribution in [1.82, 2.24) is 10.2 Å². The molecule has 2 N–H and O–H groups in total. The molecular weight excluding hydrogens is 604 g/mol. The first-order chi connectivity index (χ1) is 21.7. The first-order valence-electron chi connectivity index (χ1n) is 14.0. The van der Waals surface area contributed by atoms with Crippen molar-refractivity contribution in [3.8, 4) is 5.75 Å². The molecule has 0 unspecified atom stereocenters. The van der Waals surface area contributed by atoms with Gasteiger partial charge in [-0.15, -0.1) is 0 Å². The van der Waals surface area contributed by atoms with Crippen LogP contribution in [0.4, 0.5) is 14.5 Å². The average molecular weight is 638 g/mol. The molecule has 0 spiro atoms. The molecular formula is C33H33F2N3O6S. The Kier molecular flexibility index (Phi) is 11.6. The topological polar surface area (TPSA) is 114 Å². The summed E-state index contributed by atoms with van der Waals surface area (Å²) >= 11 is 0. The van der Waals surface area contributed by atoms with Crippen LogP contribution in [0.2, 0.25) is 0 Å². The van der Waals surface area contributed by atoms with E-state index < -0.39 is 46.1 Å². The minimum Gasteiger partial charge on any atom is -0.484 e. The number of rotatable bonds is 15. The van der Waals surface area contributed by atoms with Crippen molar-refractivity contribution < 1.29 is 36.3 Å². The van der Waals surface area contributed by atoms with Gasteiger partial charge in [-0.1, -0.05) is 42.5 Å². The van der Waals surface area contributed by atoms with Crippen molar-refractivity contribution in [1.29, 1.82) is 0 Å². The molecule has 0 aromatic heterocycles. The summed E-state index contributed by atoms with van der Waals surface area (Å²) in [5, 5.41) is 2.87. The van der Waals surface area contributed by atoms with E-state index in [-0.39, 0.29) is 22.9 Å². The number of hydrogen-bond acceptors (Lipinski definition) is 6. The molecule has 0 bridgehead atoms. The van der Waals surface area contributed by atoms with Crippen LogP contribution in [0.25, 0.3) is 0 Å². The van der Waals surface area contributed by atoms with Crippen molar-refractivity contribution >= 4 is 27.5 Å². The number of ether oxygens (including phenoxy) is 2. The van der Waals surface area contributed by atoms with Crippen LogP contribution in [0, 0.1) is 11.6 Å². The van der Waals surface area contributed by atoms with Gasteiger partial charge in [-0.3, -0.25) is 14.3 Å². The van der Waals surface area contributed by atoms with Gasteiger partial charge < -0.3 is 19.7 Å². The molecule has 4 rings (SSSR count). The SMILES string of the molecule is COCCCNC(=O)[C@@H](c1ccccc1)N(Cc1ccc(F)cc1)C(=O)COc1ccc(S(=O)(=O)Nc2ccc(F)cc2)cc1. The number of carbonyl (C=O) groups is 2. The van der Waals surface area contributed by atoms with Crippen LogP contribution in [0.5, 0.6) is 5.75 Å². The van der Waals surface area contributed by atoms with E-state index in [1.807, 2.05) is 0 Å². The number of halogens is 2. The molecule has 0 fully saturated rings. The van der Waals surface area contributed by atoms with Crippen molar-refractivity contribution in [3.63, 3.8) is 0 Å². The Hall–Kier alpha value is -4.81. The van der Waals surface area contributed by atoms with E-state index in [1.165, 1.54) is 65.6 Å². The average Bonchev–Trinajstić information content (AvgIpc) is 3.04. The summed E-state index contributed by atoms with van der Waals surface area (Å²) in [5.41, 5.74) is 1.36. The predicted octanol–water partition coefficient (Wildman–Crippen LogP) is 5.07. The summed E-state index contributed by atoms with van der Waals surface area (Å²) in [6.45, 7) is 0.294. The molecule has 9 nitrogen and oxygen atoms in total. The van der Waals surface area contributed by atoms with Crippen molar-refractivity contribution in [2.75, 3.05) is 31.6 Å². The number of amides is 2. The largest absolute Gasteiger partial charge is 0.484 e. The minimum absolute atomic E-state index is 0.0141. The van der Waals surface area contributed by atoms with Gasteiger partial charge in [0, 0.05) is 32.5 Å². The van der Waals surface area contributed by atoms with Crippen molar-refractivity contribution in [2.24, 2.45) is 0 Å². The van der Waals surface area contributed by atoms with Crippen LogP contribution in [-0.4, -0.2) is 52.0 Å². The van der Waals surface area contributed by atoms with Gasteiger partial charge in [0.25, 0.3) is 15.9 Å². The van der Waals surface area contributed by atoms with Crippen LogP contribution in [0.15, 0.2) is 108 Å². The van der Waals surface area contributed by atoms with Crippen LogP contribution >= 0.6 is 0 Å². The Morgan fingerprint density at radius 3 is 2.09 bits per heavy atom. The number of sulfonamides is 1. The van der Waals surface area contributed by atoms with Gasteiger partial charge >= 0.3 is 0 Å². The van der Waals surface area contributed by atoms with E-state index in [0.29, 0.717) is 30.7 Å². The molecule has 4 aromatic rings. The number of hydrogen-bond donors (Lipinski definition) is 2. The zero-order valence-electron chi connectivity index (χ0n) is 24.5. The highest BCUT2D eigenvalue weighted by Gasteiger charge is 2.31. The standard InChI is InChI=1S/C33H33F2N3O6S/c1-43-21-5-20-36-33(40)32(25-6-3-2-4-7-25)38(22-24-8-10-26(34)11-9-24)31(39)23-44-29-16-18-30(19-17-29)45(41,42)37-28-14-12-27(35)13-15-28/h2-4,6-19,32,37H,5,20-23H2,1H3,(H,36,40)/t32-/m1/s1. The lowest BCUT2D eigenvalue weighted by Gasteiger charge is -2.31. The van der Waals surface area contributed by atoms with Gasteiger partial charge in [-0.2, -0.15) is 0 Å². The summed E-state index contributed by atoms with van der Waals surface area (Å²) in [6.07, 6.45) is 0.573. The lowest BCUT2D eigenvalue weighted by Crippen LogP contribution is -2.45. The van der Waals surface area contributed by atoms with Crippen LogP contribution in [0.1, 0.15) is 23.6 Å². The molecule has 236 valence electrons. The van der Waals surface area contributed by atoms with E-state index in [0.717, 1.165) is 12.1 Å². The third-order valence-electron chi connectivity index (χ3n) is 6.68. The lowest BCUT2D eigenvalue weighted by molar-refractivity contribution is -0.143.